The van der Waals surface area contributed by atoms with Gasteiger partial charge in [0.1, 0.15) is 0 Å². The number of benzene rings is 2. The Morgan fingerprint density at radius 1 is 1.20 bits per heavy atom. The molecule has 3 aromatic rings. The summed E-state index contributed by atoms with van der Waals surface area (Å²) in [6, 6.07) is 13.7. The predicted molar refractivity (Wildman–Crippen MR) is 142 cm³/mol. The maximum absolute atomic E-state index is 13.3. The zero-order chi connectivity index (χ0) is 24.8. The number of fused-ring (bicyclic) bond motifs is 1. The van der Waals surface area contributed by atoms with Crippen LogP contribution in [-0.2, 0) is 14.9 Å². The molecule has 1 spiro atoms. The first kappa shape index (κ1) is 24.0. The molecule has 5 rings (SSSR count). The molecule has 11 heteroatoms. The highest BCUT2D eigenvalue weighted by Gasteiger charge is 2.56. The van der Waals surface area contributed by atoms with E-state index in [1.807, 2.05) is 30.3 Å². The summed E-state index contributed by atoms with van der Waals surface area (Å²) in [6.45, 7) is 4.27. The summed E-state index contributed by atoms with van der Waals surface area (Å²) in [5.41, 5.74) is 2.04. The molecule has 8 nitrogen and oxygen atoms in total. The quantitative estimate of drug-likeness (QED) is 0.442. The van der Waals surface area contributed by atoms with E-state index in [1.165, 1.54) is 35.2 Å². The standard InChI is InChI=1S/C24H24N4O4S3/c1-16(2)7-5-8-17-14-24(28(26-17)18-9-6-10-19(13-18)35(30,31)32)27(22(29)15-33-24)23-25-20-11-3-4-12-21(20)34-23/h3-6,8-13,16H,7,14-15H2,1-2H3,(H,30,31,32)/b8-5+. The smallest absolute Gasteiger partial charge is 0.282 e. The number of hydrogen-bond acceptors (Lipinski definition) is 8. The van der Waals surface area contributed by atoms with E-state index < -0.39 is 15.1 Å². The zero-order valence-corrected chi connectivity index (χ0v) is 21.6. The van der Waals surface area contributed by atoms with Gasteiger partial charge in [-0.15, -0.1) is 0 Å². The Morgan fingerprint density at radius 2 is 2.00 bits per heavy atom. The van der Waals surface area contributed by atoms with Gasteiger partial charge in [-0.1, -0.05) is 61.2 Å². The third-order valence-electron chi connectivity index (χ3n) is 5.75. The van der Waals surface area contributed by atoms with Gasteiger partial charge in [-0.3, -0.25) is 14.2 Å². The minimum atomic E-state index is -4.41. The molecule has 1 unspecified atom stereocenters. The van der Waals surface area contributed by atoms with Gasteiger partial charge < -0.3 is 0 Å². The zero-order valence-electron chi connectivity index (χ0n) is 19.2. The minimum Gasteiger partial charge on any atom is -0.282 e. The van der Waals surface area contributed by atoms with Gasteiger partial charge in [0.25, 0.3) is 10.1 Å². The van der Waals surface area contributed by atoms with Crippen molar-refractivity contribution in [3.8, 4) is 0 Å². The van der Waals surface area contributed by atoms with E-state index in [1.54, 1.807) is 22.0 Å². The van der Waals surface area contributed by atoms with Crippen LogP contribution in [0.3, 0.4) is 0 Å². The lowest BCUT2D eigenvalue weighted by molar-refractivity contribution is -0.116. The molecule has 2 aliphatic heterocycles. The number of amides is 1. The third kappa shape index (κ3) is 4.49. The molecule has 2 aliphatic rings. The lowest BCUT2D eigenvalue weighted by atomic mass is 10.1. The van der Waals surface area contributed by atoms with Crippen LogP contribution in [0.1, 0.15) is 26.7 Å². The number of allylic oxidation sites excluding steroid dienone is 2. The predicted octanol–water partition coefficient (Wildman–Crippen LogP) is 5.15. The van der Waals surface area contributed by atoms with Crippen LogP contribution < -0.4 is 9.91 Å². The first-order chi connectivity index (χ1) is 16.7. The summed E-state index contributed by atoms with van der Waals surface area (Å²) in [5, 5.41) is 7.09. The molecule has 0 aliphatic carbocycles. The van der Waals surface area contributed by atoms with Gasteiger partial charge in [0, 0.05) is 6.42 Å². The van der Waals surface area contributed by atoms with Crippen molar-refractivity contribution in [3.05, 3.63) is 60.7 Å². The Kier molecular flexibility index (Phi) is 6.20. The largest absolute Gasteiger partial charge is 0.294 e. The number of nitrogens with zero attached hydrogens (tertiary/aromatic N) is 4. The molecular weight excluding hydrogens is 504 g/mol. The van der Waals surface area contributed by atoms with E-state index in [0.717, 1.165) is 22.3 Å². The molecule has 35 heavy (non-hydrogen) atoms. The van der Waals surface area contributed by atoms with Crippen molar-refractivity contribution in [1.29, 1.82) is 0 Å². The summed E-state index contributed by atoms with van der Waals surface area (Å²) in [4.78, 5) is 18.5. The second-order valence-electron chi connectivity index (χ2n) is 8.81. The number of hydrogen-bond donors (Lipinski definition) is 1. The van der Waals surface area contributed by atoms with Crippen LogP contribution in [0.15, 0.2) is 70.7 Å². The molecule has 182 valence electrons. The van der Waals surface area contributed by atoms with Crippen LogP contribution in [-0.4, -0.2) is 40.3 Å². The van der Waals surface area contributed by atoms with E-state index in [4.69, 9.17) is 10.1 Å². The summed E-state index contributed by atoms with van der Waals surface area (Å²) in [6.07, 6.45) is 5.36. The number of para-hydroxylation sites is 1. The molecule has 2 aromatic carbocycles. The Morgan fingerprint density at radius 3 is 2.74 bits per heavy atom. The van der Waals surface area contributed by atoms with Crippen molar-refractivity contribution in [2.24, 2.45) is 11.0 Å². The minimum absolute atomic E-state index is 0.0902. The fourth-order valence-corrected chi connectivity index (χ4v) is 7.10. The monoisotopic (exact) mass is 528 g/mol. The van der Waals surface area contributed by atoms with Crippen LogP contribution in [0.4, 0.5) is 10.8 Å². The van der Waals surface area contributed by atoms with Gasteiger partial charge in [-0.25, -0.2) is 9.99 Å². The van der Waals surface area contributed by atoms with Crippen LogP contribution in [0.2, 0.25) is 0 Å². The number of thioether (sulfide) groups is 1. The summed E-state index contributed by atoms with van der Waals surface area (Å²) in [5.74, 6) is 0.641. The second-order valence-corrected chi connectivity index (χ2v) is 12.5. The number of hydrazone groups is 1. The molecular formula is C24H24N4O4S3. The van der Waals surface area contributed by atoms with Crippen molar-refractivity contribution in [1.82, 2.24) is 4.98 Å². The van der Waals surface area contributed by atoms with Gasteiger partial charge in [-0.05, 0) is 48.7 Å². The highest BCUT2D eigenvalue weighted by atomic mass is 32.2. The van der Waals surface area contributed by atoms with Crippen molar-refractivity contribution in [2.75, 3.05) is 15.7 Å². The number of anilines is 2. The number of rotatable bonds is 6. The highest BCUT2D eigenvalue weighted by molar-refractivity contribution is 8.02. The first-order valence-electron chi connectivity index (χ1n) is 11.1. The topological polar surface area (TPSA) is 103 Å². The van der Waals surface area contributed by atoms with E-state index in [0.29, 0.717) is 23.2 Å². The van der Waals surface area contributed by atoms with Gasteiger partial charge in [-0.2, -0.15) is 13.5 Å². The number of carbonyl (C=O) groups excluding carboxylic acids is 1. The van der Waals surface area contributed by atoms with Crippen LogP contribution in [0.5, 0.6) is 0 Å². The Hall–Kier alpha value is -2.73. The Labute approximate surface area is 212 Å². The van der Waals surface area contributed by atoms with Gasteiger partial charge >= 0.3 is 0 Å². The van der Waals surface area contributed by atoms with Crippen molar-refractivity contribution >= 4 is 65.9 Å². The van der Waals surface area contributed by atoms with E-state index in [-0.39, 0.29) is 16.6 Å². The third-order valence-corrected chi connectivity index (χ3v) is 8.97. The molecule has 3 heterocycles. The summed E-state index contributed by atoms with van der Waals surface area (Å²) >= 11 is 2.88. The lowest BCUT2D eigenvalue weighted by Crippen LogP contribution is -2.53. The molecule has 0 bridgehead atoms. The van der Waals surface area contributed by atoms with Crippen molar-refractivity contribution in [2.45, 2.75) is 36.6 Å². The molecule has 1 aromatic heterocycles. The maximum atomic E-state index is 13.3. The fourth-order valence-electron chi connectivity index (χ4n) is 4.16. The normalized spacial score (nSPS) is 20.8. The molecule has 0 radical (unpaired) electrons. The molecule has 1 fully saturated rings. The molecule has 1 atom stereocenters. The maximum Gasteiger partial charge on any atom is 0.294 e. The lowest BCUT2D eigenvalue weighted by Gasteiger charge is -2.39. The Bertz CT molecular complexity index is 1430. The summed E-state index contributed by atoms with van der Waals surface area (Å²) in [7, 11) is -4.41. The average molecular weight is 529 g/mol. The van der Waals surface area contributed by atoms with Gasteiger partial charge in [0.15, 0.2) is 10.1 Å². The number of carbonyl (C=O) groups is 1. The highest BCUT2D eigenvalue weighted by Crippen LogP contribution is 2.51. The van der Waals surface area contributed by atoms with Crippen LogP contribution >= 0.6 is 23.1 Å². The fraction of sp³-hybridized carbons (Fsp3) is 0.292. The van der Waals surface area contributed by atoms with Crippen LogP contribution in [0.25, 0.3) is 10.2 Å². The number of aromatic nitrogens is 1. The van der Waals surface area contributed by atoms with E-state index >= 15 is 0 Å². The molecule has 1 saturated heterocycles. The summed E-state index contributed by atoms with van der Waals surface area (Å²) < 4.78 is 34.2. The van der Waals surface area contributed by atoms with E-state index in [2.05, 4.69) is 19.9 Å². The SMILES string of the molecule is CC(C)C/C=C/C1=NN(c2cccc(S(=O)(=O)O)c2)C2(C1)SCC(=O)N2c1nc2ccccc2s1. The Balaban J connectivity index is 1.63. The van der Waals surface area contributed by atoms with E-state index in [9.17, 15) is 17.8 Å². The van der Waals surface area contributed by atoms with Crippen LogP contribution in [0, 0.1) is 5.92 Å². The van der Waals surface area contributed by atoms with Gasteiger partial charge in [0.05, 0.1) is 32.3 Å². The second kappa shape index (κ2) is 9.05. The van der Waals surface area contributed by atoms with Crippen molar-refractivity contribution in [3.63, 3.8) is 0 Å². The van der Waals surface area contributed by atoms with Crippen molar-refractivity contribution < 1.29 is 17.8 Å². The molecule has 1 N–H and O–H groups in total. The first-order valence-corrected chi connectivity index (χ1v) is 14.4. The number of thiazole rings is 1. The molecule has 1 amide bonds. The van der Waals surface area contributed by atoms with Gasteiger partial charge in [0.2, 0.25) is 5.91 Å². The average Bonchev–Trinajstić information content (AvgIpc) is 3.48. The molecule has 0 saturated carbocycles.